The van der Waals surface area contributed by atoms with Gasteiger partial charge in [0.05, 0.1) is 45.7 Å². The van der Waals surface area contributed by atoms with Crippen molar-refractivity contribution in [3.8, 4) is 0 Å². The van der Waals surface area contributed by atoms with Crippen LogP contribution in [0, 0.1) is 0 Å². The first-order valence-corrected chi connectivity index (χ1v) is 21.2. The van der Waals surface area contributed by atoms with Crippen LogP contribution in [0.3, 0.4) is 0 Å². The molecule has 6 saturated heterocycles. The fourth-order valence-corrected chi connectivity index (χ4v) is 8.31. The summed E-state index contributed by atoms with van der Waals surface area (Å²) in [6, 6.07) is -1.56. The minimum absolute atomic E-state index is 0.814. The Hall–Kier alpha value is -1.24. The summed E-state index contributed by atoms with van der Waals surface area (Å²) < 4.78 is 61.5. The first-order valence-electron chi connectivity index (χ1n) is 21.2. The van der Waals surface area contributed by atoms with Gasteiger partial charge in [0.2, 0.25) is 0 Å². The Morgan fingerprint density at radius 3 is 1.16 bits per heavy atom. The summed E-state index contributed by atoms with van der Waals surface area (Å²) in [4.78, 5) is 0. The third kappa shape index (κ3) is 11.5. The molecule has 0 aliphatic carbocycles. The lowest BCUT2D eigenvalue weighted by Gasteiger charge is -2.49. The van der Waals surface area contributed by atoms with E-state index >= 15 is 0 Å². The Balaban J connectivity index is 1.24. The minimum atomic E-state index is -2.21. The summed E-state index contributed by atoms with van der Waals surface area (Å²) in [5.41, 5.74) is 5.85. The molecule has 67 heavy (non-hydrogen) atoms. The van der Waals surface area contributed by atoms with E-state index in [4.69, 9.17) is 57.8 Å². The molecule has 0 aromatic rings. The van der Waals surface area contributed by atoms with E-state index in [1.807, 2.05) is 0 Å². The molecule has 0 saturated carbocycles. The Kier molecular flexibility index (Phi) is 19.4. The van der Waals surface area contributed by atoms with Gasteiger partial charge in [0.15, 0.2) is 37.7 Å². The van der Waals surface area contributed by atoms with Gasteiger partial charge in [-0.25, -0.2) is 0 Å². The Morgan fingerprint density at radius 1 is 0.299 bits per heavy atom. The van der Waals surface area contributed by atoms with Crippen LogP contribution in [0.4, 0.5) is 0 Å². The van der Waals surface area contributed by atoms with Crippen molar-refractivity contribution in [2.75, 3.05) is 39.6 Å². The number of aliphatic hydroxyl groups excluding tert-OH is 19. The van der Waals surface area contributed by atoms with Gasteiger partial charge in [0, 0.05) is 0 Å². The van der Waals surface area contributed by atoms with Crippen LogP contribution in [0.2, 0.25) is 0 Å². The molecule has 6 aliphatic heterocycles. The van der Waals surface area contributed by atoms with E-state index in [1.165, 1.54) is 0 Å². The van der Waals surface area contributed by atoms with Gasteiger partial charge in [-0.2, -0.15) is 0 Å². The molecule has 6 rings (SSSR count). The molecule has 0 radical (unpaired) electrons. The SMILES string of the molecule is N[C@@H]1[C@@H](O)[C@H](O[C@H]2O[C@H](CO[C@H]3O[C@H](CO)[C@@H](O)[C@H](O)[C@@H]3O[C@H]3O[C@H](CO)[C@@H](O)[C@H](O)[C@@H]3O)[C@@H](O)[C@H](O[C@H]3O[C@H](CO[C@H]4O[C@H](CO)[C@H](O)[C@H](O)[C@H]4O)[C@H](O)[C@H](O)[C@H]3O)[C@@H]2O)[C@@H](CO)O[C@@H]1O. The van der Waals surface area contributed by atoms with E-state index in [0.29, 0.717) is 0 Å². The molecule has 6 heterocycles. The van der Waals surface area contributed by atoms with Crippen LogP contribution in [0.5, 0.6) is 0 Å². The number of aliphatic hydroxyl groups is 19. The van der Waals surface area contributed by atoms with Crippen LogP contribution in [-0.4, -0.2) is 321 Å². The second kappa shape index (κ2) is 23.5. The molecular formula is C36H63NO30. The smallest absolute Gasteiger partial charge is 0.187 e. The second-order valence-corrected chi connectivity index (χ2v) is 16.9. The lowest BCUT2D eigenvalue weighted by Crippen LogP contribution is -2.68. The third-order valence-corrected chi connectivity index (χ3v) is 12.5. The molecule has 392 valence electrons. The Bertz CT molecular complexity index is 1510. The van der Waals surface area contributed by atoms with Crippen molar-refractivity contribution in [1.82, 2.24) is 0 Å². The van der Waals surface area contributed by atoms with Crippen molar-refractivity contribution in [2.24, 2.45) is 5.73 Å². The number of ether oxygens (including phenoxy) is 11. The highest BCUT2D eigenvalue weighted by molar-refractivity contribution is 4.99. The molecule has 31 heteroatoms. The average Bonchev–Trinajstić information content (AvgIpc) is 3.31. The first kappa shape index (κ1) is 55.1. The Labute approximate surface area is 378 Å². The standard InChI is InChI=1S/C36H63NO30/c37-13-19(47)28(10(4-41)59-31(13)56)65-35-27(55)29(66-34-26(54)22(50)17(45)11(63-34)5-57-32-24(52)20(48)14(42)7(1-38)60-32)18(46)12(64-35)6-58-36-30(23(51)16(44)9(3-40)62-36)67-33-25(53)21(49)15(43)8(2-39)61-33/h7-36,38-56H,1-6,37H2/t7-,8-,9-,10-,11-,12-,13-,14+,15-,16-,17+,18-,19-,20+,21+,22+,23+,24-,25+,26-,27+,28-,29+,30+,31+,32+,33-,34-,35-,36+/m1/s1. The highest BCUT2D eigenvalue weighted by Crippen LogP contribution is 2.35. The summed E-state index contributed by atoms with van der Waals surface area (Å²) >= 11 is 0. The molecule has 0 unspecified atom stereocenters. The largest absolute Gasteiger partial charge is 0.394 e. The quantitative estimate of drug-likeness (QED) is 0.0683. The average molecular weight is 990 g/mol. The second-order valence-electron chi connectivity index (χ2n) is 16.9. The number of hydrogen-bond donors (Lipinski definition) is 20. The van der Waals surface area contributed by atoms with Crippen molar-refractivity contribution in [2.45, 2.75) is 184 Å². The predicted molar refractivity (Wildman–Crippen MR) is 201 cm³/mol. The number of rotatable bonds is 16. The zero-order chi connectivity index (χ0) is 49.3. The zero-order valence-electron chi connectivity index (χ0n) is 35.1. The van der Waals surface area contributed by atoms with Gasteiger partial charge in [-0.3, -0.25) is 0 Å². The number of hydrogen-bond acceptors (Lipinski definition) is 31. The normalized spacial score (nSPS) is 53.4. The lowest BCUT2D eigenvalue weighted by molar-refractivity contribution is -0.387. The minimum Gasteiger partial charge on any atom is -0.394 e. The van der Waals surface area contributed by atoms with Crippen LogP contribution >= 0.6 is 0 Å². The number of nitrogens with two attached hydrogens (primary N) is 1. The highest BCUT2D eigenvalue weighted by atomic mass is 16.8. The highest BCUT2D eigenvalue weighted by Gasteiger charge is 2.56. The molecule has 0 aromatic carbocycles. The molecule has 6 aliphatic rings. The van der Waals surface area contributed by atoms with Crippen molar-refractivity contribution in [1.29, 1.82) is 0 Å². The maximum Gasteiger partial charge on any atom is 0.187 e. The van der Waals surface area contributed by atoms with Gasteiger partial charge in [0.25, 0.3) is 0 Å². The van der Waals surface area contributed by atoms with Crippen molar-refractivity contribution < 1.29 is 149 Å². The monoisotopic (exact) mass is 989 g/mol. The van der Waals surface area contributed by atoms with Gasteiger partial charge in [-0.15, -0.1) is 0 Å². The fourth-order valence-electron chi connectivity index (χ4n) is 8.31. The van der Waals surface area contributed by atoms with Gasteiger partial charge < -0.3 is 155 Å². The summed E-state index contributed by atoms with van der Waals surface area (Å²) in [5.74, 6) is 0. The third-order valence-electron chi connectivity index (χ3n) is 12.5. The van der Waals surface area contributed by atoms with E-state index in [0.717, 1.165) is 0 Å². The van der Waals surface area contributed by atoms with E-state index in [-0.39, 0.29) is 0 Å². The lowest BCUT2D eigenvalue weighted by atomic mass is 9.95. The molecule has 6 fully saturated rings. The topological polar surface area (TPSA) is 512 Å². The van der Waals surface area contributed by atoms with Gasteiger partial charge in [-0.05, 0) is 0 Å². The molecule has 21 N–H and O–H groups in total. The van der Waals surface area contributed by atoms with Gasteiger partial charge in [-0.1, -0.05) is 0 Å². The molecular weight excluding hydrogens is 926 g/mol. The van der Waals surface area contributed by atoms with E-state index in [9.17, 15) is 97.0 Å². The van der Waals surface area contributed by atoms with Crippen LogP contribution in [0.1, 0.15) is 0 Å². The predicted octanol–water partition coefficient (Wildman–Crippen LogP) is -14.1. The molecule has 0 aromatic heterocycles. The summed E-state index contributed by atoms with van der Waals surface area (Å²) in [5, 5.41) is 200. The van der Waals surface area contributed by atoms with Crippen LogP contribution in [0.25, 0.3) is 0 Å². The van der Waals surface area contributed by atoms with Crippen LogP contribution in [0.15, 0.2) is 0 Å². The molecule has 0 amide bonds. The van der Waals surface area contributed by atoms with Crippen LogP contribution in [-0.2, 0) is 52.1 Å². The summed E-state index contributed by atoms with van der Waals surface area (Å²) in [6.07, 6.45) is -54.7. The maximum atomic E-state index is 11.7. The van der Waals surface area contributed by atoms with E-state index in [2.05, 4.69) is 0 Å². The van der Waals surface area contributed by atoms with Crippen LogP contribution < -0.4 is 5.73 Å². The zero-order valence-corrected chi connectivity index (χ0v) is 35.1. The summed E-state index contributed by atoms with van der Waals surface area (Å²) in [6.45, 7) is -5.29. The molecule has 30 atom stereocenters. The van der Waals surface area contributed by atoms with Crippen molar-refractivity contribution in [3.05, 3.63) is 0 Å². The molecule has 0 spiro atoms. The Morgan fingerprint density at radius 2 is 0.657 bits per heavy atom. The molecule has 31 nitrogen and oxygen atoms in total. The van der Waals surface area contributed by atoms with E-state index < -0.39 is 224 Å². The summed E-state index contributed by atoms with van der Waals surface area (Å²) in [7, 11) is 0. The van der Waals surface area contributed by atoms with Gasteiger partial charge in [0.1, 0.15) is 140 Å². The van der Waals surface area contributed by atoms with Crippen molar-refractivity contribution in [3.63, 3.8) is 0 Å². The first-order chi connectivity index (χ1) is 31.7. The van der Waals surface area contributed by atoms with Crippen molar-refractivity contribution >= 4 is 0 Å². The fraction of sp³-hybridized carbons (Fsp3) is 1.00. The maximum absolute atomic E-state index is 11.7. The van der Waals surface area contributed by atoms with Gasteiger partial charge >= 0.3 is 0 Å². The van der Waals surface area contributed by atoms with E-state index in [1.54, 1.807) is 0 Å². The molecule has 0 bridgehead atoms.